The maximum atomic E-state index is 11.9. The summed E-state index contributed by atoms with van der Waals surface area (Å²) < 4.78 is 5.45. The number of anilines is 1. The van der Waals surface area contributed by atoms with E-state index < -0.39 is 6.09 Å². The van der Waals surface area contributed by atoms with Gasteiger partial charge in [-0.1, -0.05) is 24.3 Å². The first-order chi connectivity index (χ1) is 10.7. The fourth-order valence-corrected chi connectivity index (χ4v) is 2.60. The number of benzene rings is 1. The van der Waals surface area contributed by atoms with Crippen LogP contribution < -0.4 is 10.6 Å². The summed E-state index contributed by atoms with van der Waals surface area (Å²) in [4.78, 5) is 23.4. The van der Waals surface area contributed by atoms with E-state index in [1.807, 2.05) is 30.3 Å². The molecule has 5 nitrogen and oxygen atoms in total. The highest BCUT2D eigenvalue weighted by atomic mass is 16.6. The minimum absolute atomic E-state index is 0.0620. The smallest absolute Gasteiger partial charge is 0.411 e. The maximum Gasteiger partial charge on any atom is 0.411 e. The molecular weight excluding hydrogens is 280 g/mol. The summed E-state index contributed by atoms with van der Waals surface area (Å²) in [6.07, 6.45) is 5.95. The van der Waals surface area contributed by atoms with Gasteiger partial charge in [0, 0.05) is 18.2 Å². The minimum Gasteiger partial charge on any atom is -0.446 e. The van der Waals surface area contributed by atoms with Gasteiger partial charge in [0.15, 0.2) is 0 Å². The van der Waals surface area contributed by atoms with Crippen molar-refractivity contribution in [3.8, 4) is 0 Å². The van der Waals surface area contributed by atoms with Crippen molar-refractivity contribution in [3.05, 3.63) is 42.5 Å². The maximum absolute atomic E-state index is 11.9. The van der Waals surface area contributed by atoms with E-state index in [1.165, 1.54) is 6.08 Å². The second-order valence-corrected chi connectivity index (χ2v) is 5.39. The van der Waals surface area contributed by atoms with Crippen LogP contribution in [0.1, 0.15) is 32.6 Å². The molecule has 0 heterocycles. The summed E-state index contributed by atoms with van der Waals surface area (Å²) in [5.74, 6) is -0.0955. The lowest BCUT2D eigenvalue weighted by Crippen LogP contribution is -2.40. The van der Waals surface area contributed by atoms with Crippen molar-refractivity contribution in [2.24, 2.45) is 0 Å². The van der Waals surface area contributed by atoms with Crippen molar-refractivity contribution in [1.29, 1.82) is 0 Å². The molecule has 2 N–H and O–H groups in total. The van der Waals surface area contributed by atoms with Gasteiger partial charge < -0.3 is 10.1 Å². The quantitative estimate of drug-likeness (QED) is 0.839. The first-order valence-electron chi connectivity index (χ1n) is 7.63. The molecule has 1 aromatic carbocycles. The Balaban J connectivity index is 1.79. The zero-order valence-corrected chi connectivity index (χ0v) is 12.7. The molecule has 0 unspecified atom stereocenters. The molecule has 2 amide bonds. The van der Waals surface area contributed by atoms with E-state index in [1.54, 1.807) is 13.0 Å². The molecule has 22 heavy (non-hydrogen) atoms. The standard InChI is InChI=1S/C17H22N2O3/c1-2-7-16(20)18-14-10-6-11-15(12-14)22-17(21)19-13-8-4-3-5-9-13/h2-5,7-9,14-15H,6,10-12H2,1H3,(H,18,20)(H,19,21)/b7-2+/t14-,15-/m0/s1. The lowest BCUT2D eigenvalue weighted by atomic mass is 9.93. The Hall–Kier alpha value is -2.30. The summed E-state index contributed by atoms with van der Waals surface area (Å²) in [7, 11) is 0. The number of carbonyl (C=O) groups is 2. The Morgan fingerprint density at radius 2 is 2.00 bits per heavy atom. The first-order valence-corrected chi connectivity index (χ1v) is 7.63. The number of nitrogens with one attached hydrogen (secondary N) is 2. The molecule has 0 spiro atoms. The second kappa shape index (κ2) is 8.22. The molecule has 2 rings (SSSR count). The molecule has 118 valence electrons. The normalized spacial score (nSPS) is 21.3. The van der Waals surface area contributed by atoms with Crippen LogP contribution in [0.3, 0.4) is 0 Å². The van der Waals surface area contributed by atoms with Crippen LogP contribution in [0.2, 0.25) is 0 Å². The van der Waals surface area contributed by atoms with E-state index in [0.29, 0.717) is 12.1 Å². The summed E-state index contributed by atoms with van der Waals surface area (Å²) in [5, 5.41) is 5.64. The molecule has 0 aliphatic heterocycles. The Bertz CT molecular complexity index is 528. The zero-order chi connectivity index (χ0) is 15.8. The zero-order valence-electron chi connectivity index (χ0n) is 12.7. The van der Waals surface area contributed by atoms with E-state index >= 15 is 0 Å². The number of hydrogen-bond acceptors (Lipinski definition) is 3. The Morgan fingerprint density at radius 1 is 1.23 bits per heavy atom. The lowest BCUT2D eigenvalue weighted by molar-refractivity contribution is -0.117. The monoisotopic (exact) mass is 302 g/mol. The first kappa shape index (κ1) is 16.1. The fraction of sp³-hybridized carbons (Fsp3) is 0.412. The summed E-state index contributed by atoms with van der Waals surface area (Å²) >= 11 is 0. The van der Waals surface area contributed by atoms with Crippen LogP contribution in [-0.4, -0.2) is 24.1 Å². The van der Waals surface area contributed by atoms with Gasteiger partial charge in [0.1, 0.15) is 6.10 Å². The van der Waals surface area contributed by atoms with Gasteiger partial charge in [-0.2, -0.15) is 0 Å². The average Bonchev–Trinajstić information content (AvgIpc) is 2.48. The molecule has 1 aliphatic carbocycles. The Morgan fingerprint density at radius 3 is 2.73 bits per heavy atom. The molecule has 1 fully saturated rings. The van der Waals surface area contributed by atoms with Gasteiger partial charge >= 0.3 is 6.09 Å². The van der Waals surface area contributed by atoms with Gasteiger partial charge in [0.05, 0.1) is 0 Å². The van der Waals surface area contributed by atoms with Crippen molar-refractivity contribution in [3.63, 3.8) is 0 Å². The van der Waals surface area contributed by atoms with Crippen LogP contribution in [0.15, 0.2) is 42.5 Å². The average molecular weight is 302 g/mol. The third-order valence-electron chi connectivity index (χ3n) is 3.58. The highest BCUT2D eigenvalue weighted by Crippen LogP contribution is 2.22. The predicted octanol–water partition coefficient (Wildman–Crippen LogP) is 3.24. The molecule has 2 atom stereocenters. The summed E-state index contributed by atoms with van der Waals surface area (Å²) in [6.45, 7) is 1.81. The predicted molar refractivity (Wildman–Crippen MR) is 85.5 cm³/mol. The van der Waals surface area contributed by atoms with Gasteiger partial charge in [-0.3, -0.25) is 10.1 Å². The highest BCUT2D eigenvalue weighted by Gasteiger charge is 2.25. The second-order valence-electron chi connectivity index (χ2n) is 5.39. The number of amides is 2. The molecule has 1 saturated carbocycles. The molecule has 1 aromatic rings. The molecule has 0 radical (unpaired) electrons. The van der Waals surface area contributed by atoms with Gasteiger partial charge in [0.25, 0.3) is 0 Å². The van der Waals surface area contributed by atoms with Crippen molar-refractivity contribution in [2.75, 3.05) is 5.32 Å². The topological polar surface area (TPSA) is 67.4 Å². The van der Waals surface area contributed by atoms with E-state index in [-0.39, 0.29) is 18.1 Å². The van der Waals surface area contributed by atoms with Gasteiger partial charge in [-0.25, -0.2) is 4.79 Å². The molecule has 0 saturated heterocycles. The molecular formula is C17H22N2O3. The molecule has 0 aromatic heterocycles. The van der Waals surface area contributed by atoms with Crippen LogP contribution in [0.5, 0.6) is 0 Å². The molecule has 1 aliphatic rings. The van der Waals surface area contributed by atoms with Crippen molar-refractivity contribution < 1.29 is 14.3 Å². The van der Waals surface area contributed by atoms with E-state index in [2.05, 4.69) is 10.6 Å². The van der Waals surface area contributed by atoms with E-state index in [9.17, 15) is 9.59 Å². The number of hydrogen-bond donors (Lipinski definition) is 2. The summed E-state index contributed by atoms with van der Waals surface area (Å²) in [5.41, 5.74) is 0.709. The third kappa shape index (κ3) is 5.24. The van der Waals surface area contributed by atoms with Gasteiger partial charge in [-0.15, -0.1) is 0 Å². The third-order valence-corrected chi connectivity index (χ3v) is 3.58. The van der Waals surface area contributed by atoms with Crippen LogP contribution in [0.25, 0.3) is 0 Å². The van der Waals surface area contributed by atoms with E-state index in [0.717, 1.165) is 19.3 Å². The van der Waals surface area contributed by atoms with Gasteiger partial charge in [0.2, 0.25) is 5.91 Å². The van der Waals surface area contributed by atoms with Crippen molar-refractivity contribution >= 4 is 17.7 Å². The largest absolute Gasteiger partial charge is 0.446 e. The molecule has 0 bridgehead atoms. The van der Waals surface area contributed by atoms with Crippen molar-refractivity contribution in [1.82, 2.24) is 5.32 Å². The number of carbonyl (C=O) groups excluding carboxylic acids is 2. The minimum atomic E-state index is -0.448. The fourth-order valence-electron chi connectivity index (χ4n) is 2.60. The SMILES string of the molecule is C/C=C/C(=O)N[C@H]1CCC[C@H](OC(=O)Nc2ccccc2)C1. The Labute approximate surface area is 130 Å². The number of ether oxygens (including phenoxy) is 1. The van der Waals surface area contributed by atoms with Crippen LogP contribution >= 0.6 is 0 Å². The van der Waals surface area contributed by atoms with E-state index in [4.69, 9.17) is 4.74 Å². The molecule has 5 heteroatoms. The number of allylic oxidation sites excluding steroid dienone is 1. The summed E-state index contributed by atoms with van der Waals surface area (Å²) in [6, 6.07) is 9.26. The van der Waals surface area contributed by atoms with Gasteiger partial charge in [-0.05, 0) is 44.4 Å². The Kier molecular flexibility index (Phi) is 6.01. The van der Waals surface area contributed by atoms with Crippen molar-refractivity contribution in [2.45, 2.75) is 44.8 Å². The highest BCUT2D eigenvalue weighted by molar-refractivity contribution is 5.87. The van der Waals surface area contributed by atoms with Crippen LogP contribution in [-0.2, 0) is 9.53 Å². The number of rotatable bonds is 4. The van der Waals surface area contributed by atoms with Crippen LogP contribution in [0, 0.1) is 0 Å². The number of para-hydroxylation sites is 1. The lowest BCUT2D eigenvalue weighted by Gasteiger charge is -2.29. The van der Waals surface area contributed by atoms with Crippen LogP contribution in [0.4, 0.5) is 10.5 Å².